The molecule has 5 nitrogen and oxygen atoms in total. The second kappa shape index (κ2) is 8.12. The van der Waals surface area contributed by atoms with E-state index in [9.17, 15) is 4.79 Å². The lowest BCUT2D eigenvalue weighted by molar-refractivity contribution is 0.0988. The molecule has 0 radical (unpaired) electrons. The molecule has 1 aliphatic carbocycles. The summed E-state index contributed by atoms with van der Waals surface area (Å²) in [7, 11) is 0. The van der Waals surface area contributed by atoms with Gasteiger partial charge in [-0.1, -0.05) is 41.9 Å². The molecule has 0 spiro atoms. The second-order valence-electron chi connectivity index (χ2n) is 7.74. The maximum atomic E-state index is 15.1. The molecule has 2 heterocycles. The summed E-state index contributed by atoms with van der Waals surface area (Å²) in [5, 5.41) is 8.25. The van der Waals surface area contributed by atoms with Crippen LogP contribution in [-0.4, -0.2) is 21.0 Å². The molecule has 156 valence electrons. The molecule has 1 fully saturated rings. The average Bonchev–Trinajstić information content (AvgIpc) is 3.53. The number of benzene rings is 2. The summed E-state index contributed by atoms with van der Waals surface area (Å²) in [6.45, 7) is 0.193. The minimum absolute atomic E-state index is 0.00367. The van der Waals surface area contributed by atoms with E-state index in [1.807, 2.05) is 36.4 Å². The normalized spacial score (nSPS) is 13.5. The molecule has 0 amide bonds. The van der Waals surface area contributed by atoms with E-state index in [2.05, 4.69) is 15.2 Å². The summed E-state index contributed by atoms with van der Waals surface area (Å²) in [6.07, 6.45) is 3.82. The lowest BCUT2D eigenvalue weighted by Gasteiger charge is -2.11. The van der Waals surface area contributed by atoms with E-state index in [1.54, 1.807) is 6.20 Å². The fraction of sp³-hybridized carbons (Fsp3) is 0.208. The minimum atomic E-state index is -0.746. The highest BCUT2D eigenvalue weighted by Gasteiger charge is 2.28. The Morgan fingerprint density at radius 2 is 1.97 bits per heavy atom. The number of ether oxygens (including phenoxy) is 1. The first-order valence-corrected chi connectivity index (χ1v) is 10.5. The molecule has 1 saturated carbocycles. The molecule has 0 aliphatic heterocycles. The van der Waals surface area contributed by atoms with Crippen molar-refractivity contribution in [2.24, 2.45) is 0 Å². The van der Waals surface area contributed by atoms with Crippen LogP contribution in [0.15, 0.2) is 54.7 Å². The largest absolute Gasteiger partial charge is 0.486 e. The van der Waals surface area contributed by atoms with Gasteiger partial charge in [0.15, 0.2) is 23.0 Å². The maximum absolute atomic E-state index is 15.1. The zero-order valence-corrected chi connectivity index (χ0v) is 17.3. The lowest BCUT2D eigenvalue weighted by Crippen LogP contribution is -2.09. The molecule has 0 atom stereocenters. The standard InChI is InChI=1S/C24H19ClFN3O2/c25-18-8-9-20(31-13-14-4-2-1-3-5-14)22(26)21(18)19(30)11-15-10-17-23(16-6-7-16)28-29-24(17)27-12-15/h1-5,8-10,12,16H,6-7,11,13H2,(H,27,28,29). The number of aromatic amines is 1. The first-order chi connectivity index (χ1) is 15.1. The molecule has 5 rings (SSSR count). The maximum Gasteiger partial charge on any atom is 0.181 e. The quantitative estimate of drug-likeness (QED) is 0.382. The Kier molecular flexibility index (Phi) is 5.16. The van der Waals surface area contributed by atoms with Crippen molar-refractivity contribution in [3.8, 4) is 5.75 Å². The van der Waals surface area contributed by atoms with Crippen molar-refractivity contribution in [3.05, 3.63) is 88.0 Å². The predicted molar refractivity (Wildman–Crippen MR) is 116 cm³/mol. The number of rotatable bonds is 7. The number of Topliss-reactive ketones (excluding diaryl/α,β-unsaturated/α-hetero) is 1. The van der Waals surface area contributed by atoms with Gasteiger partial charge in [0, 0.05) is 29.6 Å². The van der Waals surface area contributed by atoms with Gasteiger partial charge in [-0.25, -0.2) is 9.37 Å². The number of carbonyl (C=O) groups excluding carboxylic acids is 1. The van der Waals surface area contributed by atoms with Crippen molar-refractivity contribution >= 4 is 28.4 Å². The molecule has 2 aromatic heterocycles. The number of pyridine rings is 1. The lowest BCUT2D eigenvalue weighted by atomic mass is 10.0. The third-order valence-corrected chi connectivity index (χ3v) is 5.73. The van der Waals surface area contributed by atoms with Crippen LogP contribution in [0.3, 0.4) is 0 Å². The average molecular weight is 436 g/mol. The fourth-order valence-electron chi connectivity index (χ4n) is 3.65. The first kappa shape index (κ1) is 19.7. The van der Waals surface area contributed by atoms with Crippen LogP contribution in [0, 0.1) is 5.82 Å². The van der Waals surface area contributed by atoms with E-state index in [0.29, 0.717) is 17.1 Å². The molecular formula is C24H19ClFN3O2. The van der Waals surface area contributed by atoms with Gasteiger partial charge in [0.1, 0.15) is 6.61 Å². The summed E-state index contributed by atoms with van der Waals surface area (Å²) in [5.74, 6) is -0.700. The van der Waals surface area contributed by atoms with Crippen LogP contribution in [-0.2, 0) is 13.0 Å². The molecule has 2 aromatic carbocycles. The van der Waals surface area contributed by atoms with Crippen LogP contribution in [0.25, 0.3) is 11.0 Å². The zero-order valence-electron chi connectivity index (χ0n) is 16.6. The van der Waals surface area contributed by atoms with Gasteiger partial charge in [-0.05, 0) is 42.2 Å². The third kappa shape index (κ3) is 4.03. The molecule has 0 bridgehead atoms. The number of hydrogen-bond donors (Lipinski definition) is 1. The van der Waals surface area contributed by atoms with Crippen LogP contribution in [0.1, 0.15) is 45.9 Å². The molecule has 0 unspecified atom stereocenters. The molecular weight excluding hydrogens is 417 g/mol. The van der Waals surface area contributed by atoms with E-state index < -0.39 is 11.6 Å². The molecule has 1 aliphatic rings. The Morgan fingerprint density at radius 3 is 2.74 bits per heavy atom. The third-order valence-electron chi connectivity index (χ3n) is 5.42. The van der Waals surface area contributed by atoms with Crippen molar-refractivity contribution in [2.45, 2.75) is 31.8 Å². The number of aromatic nitrogens is 3. The topological polar surface area (TPSA) is 67.9 Å². The van der Waals surface area contributed by atoms with Gasteiger partial charge in [-0.15, -0.1) is 0 Å². The monoisotopic (exact) mass is 435 g/mol. The van der Waals surface area contributed by atoms with Crippen molar-refractivity contribution in [3.63, 3.8) is 0 Å². The Hall–Kier alpha value is -3.25. The summed E-state index contributed by atoms with van der Waals surface area (Å²) in [4.78, 5) is 17.3. The number of hydrogen-bond acceptors (Lipinski definition) is 4. The highest BCUT2D eigenvalue weighted by Crippen LogP contribution is 2.41. The van der Waals surface area contributed by atoms with Crippen LogP contribution < -0.4 is 4.74 Å². The zero-order chi connectivity index (χ0) is 21.4. The van der Waals surface area contributed by atoms with Gasteiger partial charge in [-0.2, -0.15) is 5.10 Å². The van der Waals surface area contributed by atoms with Gasteiger partial charge in [0.05, 0.1) is 10.6 Å². The van der Waals surface area contributed by atoms with Gasteiger partial charge >= 0.3 is 0 Å². The highest BCUT2D eigenvalue weighted by molar-refractivity contribution is 6.34. The summed E-state index contributed by atoms with van der Waals surface area (Å²) >= 11 is 6.19. The van der Waals surface area contributed by atoms with Crippen LogP contribution in [0.5, 0.6) is 5.75 Å². The smallest absolute Gasteiger partial charge is 0.181 e. The molecule has 7 heteroatoms. The van der Waals surface area contributed by atoms with Crippen LogP contribution in [0.2, 0.25) is 5.02 Å². The highest BCUT2D eigenvalue weighted by atomic mass is 35.5. The van der Waals surface area contributed by atoms with Gasteiger partial charge in [-0.3, -0.25) is 9.89 Å². The summed E-state index contributed by atoms with van der Waals surface area (Å²) in [5.41, 5.74) is 3.10. The van der Waals surface area contributed by atoms with Crippen LogP contribution >= 0.6 is 11.6 Å². The van der Waals surface area contributed by atoms with E-state index in [4.69, 9.17) is 16.3 Å². The number of carbonyl (C=O) groups is 1. The number of nitrogens with zero attached hydrogens (tertiary/aromatic N) is 2. The number of halogens is 2. The van der Waals surface area contributed by atoms with Gasteiger partial charge in [0.2, 0.25) is 0 Å². The molecule has 4 aromatic rings. The fourth-order valence-corrected chi connectivity index (χ4v) is 3.90. The Labute approximate surface area is 183 Å². The van der Waals surface area contributed by atoms with Crippen molar-refractivity contribution in [1.29, 1.82) is 0 Å². The number of ketones is 1. The van der Waals surface area contributed by atoms with Crippen molar-refractivity contribution < 1.29 is 13.9 Å². The van der Waals surface area contributed by atoms with E-state index >= 15 is 4.39 Å². The second-order valence-corrected chi connectivity index (χ2v) is 8.14. The summed E-state index contributed by atoms with van der Waals surface area (Å²) in [6, 6.07) is 14.3. The van der Waals surface area contributed by atoms with E-state index in [1.165, 1.54) is 12.1 Å². The number of nitrogens with one attached hydrogen (secondary N) is 1. The molecule has 0 saturated heterocycles. The molecule has 31 heavy (non-hydrogen) atoms. The number of fused-ring (bicyclic) bond motifs is 1. The Morgan fingerprint density at radius 1 is 1.16 bits per heavy atom. The SMILES string of the molecule is O=C(Cc1cnc2n[nH]c(C3CC3)c2c1)c1c(Cl)ccc(OCc2ccccc2)c1F. The van der Waals surface area contributed by atoms with Crippen LogP contribution in [0.4, 0.5) is 4.39 Å². The van der Waals surface area contributed by atoms with E-state index in [-0.39, 0.29) is 29.4 Å². The van der Waals surface area contributed by atoms with Crippen molar-refractivity contribution in [2.75, 3.05) is 0 Å². The van der Waals surface area contributed by atoms with E-state index in [0.717, 1.165) is 29.5 Å². The van der Waals surface area contributed by atoms with Crippen molar-refractivity contribution in [1.82, 2.24) is 15.2 Å². The minimum Gasteiger partial charge on any atom is -0.486 e. The Bertz CT molecular complexity index is 1270. The Balaban J connectivity index is 1.38. The first-order valence-electron chi connectivity index (χ1n) is 10.1. The number of H-pyrrole nitrogens is 1. The molecule has 1 N–H and O–H groups in total. The van der Waals surface area contributed by atoms with Gasteiger partial charge in [0.25, 0.3) is 0 Å². The van der Waals surface area contributed by atoms with Gasteiger partial charge < -0.3 is 4.74 Å². The summed E-state index contributed by atoms with van der Waals surface area (Å²) < 4.78 is 20.7. The predicted octanol–water partition coefficient (Wildman–Crippen LogP) is 5.63.